The highest BCUT2D eigenvalue weighted by Crippen LogP contribution is 2.21. The Morgan fingerprint density at radius 2 is 2.14 bits per heavy atom. The van der Waals surface area contributed by atoms with E-state index in [1.54, 1.807) is 6.08 Å². The average Bonchev–Trinajstić information content (AvgIpc) is 2.44. The Balaban J connectivity index is 2.19. The van der Waals surface area contributed by atoms with E-state index in [1.807, 2.05) is 38.3 Å². The van der Waals surface area contributed by atoms with Crippen LogP contribution in [0.5, 0.6) is 0 Å². The van der Waals surface area contributed by atoms with Crippen molar-refractivity contribution >= 4 is 28.0 Å². The number of hydrogen-bond acceptors (Lipinski definition) is 4. The zero-order chi connectivity index (χ0) is 15.4. The molecule has 0 bridgehead atoms. The molecule has 0 aromatic rings. The zero-order valence-corrected chi connectivity index (χ0v) is 13.5. The van der Waals surface area contributed by atoms with Gasteiger partial charge in [0.15, 0.2) is 0 Å². The predicted octanol–water partition coefficient (Wildman–Crippen LogP) is 2.63. The summed E-state index contributed by atoms with van der Waals surface area (Å²) < 4.78 is 0.950. The second kappa shape index (κ2) is 6.58. The van der Waals surface area contributed by atoms with Gasteiger partial charge in [-0.15, -0.1) is 0 Å². The van der Waals surface area contributed by atoms with Crippen molar-refractivity contribution in [3.05, 3.63) is 57.8 Å². The average molecular weight is 348 g/mol. The van der Waals surface area contributed by atoms with Crippen molar-refractivity contribution in [1.29, 1.82) is 5.41 Å². The summed E-state index contributed by atoms with van der Waals surface area (Å²) in [4.78, 5) is 4.34. The van der Waals surface area contributed by atoms with Crippen LogP contribution in [0.1, 0.15) is 13.8 Å². The van der Waals surface area contributed by atoms with Gasteiger partial charge >= 0.3 is 0 Å². The molecule has 0 aliphatic carbocycles. The van der Waals surface area contributed by atoms with Crippen LogP contribution in [-0.4, -0.2) is 12.1 Å². The highest BCUT2D eigenvalue weighted by Gasteiger charge is 2.14. The van der Waals surface area contributed by atoms with E-state index >= 15 is 0 Å². The predicted molar refractivity (Wildman–Crippen MR) is 90.9 cm³/mol. The van der Waals surface area contributed by atoms with Gasteiger partial charge in [-0.25, -0.2) is 4.99 Å². The molecule has 2 heterocycles. The first kappa shape index (κ1) is 15.3. The summed E-state index contributed by atoms with van der Waals surface area (Å²) in [6.07, 6.45) is 10.7. The molecule has 0 spiro atoms. The summed E-state index contributed by atoms with van der Waals surface area (Å²) in [5, 5.41) is 13.7. The van der Waals surface area contributed by atoms with E-state index < -0.39 is 0 Å². The maximum atomic E-state index is 7.37. The van der Waals surface area contributed by atoms with Crippen molar-refractivity contribution in [3.63, 3.8) is 0 Å². The molecule has 0 saturated heterocycles. The molecule has 0 unspecified atom stereocenters. The van der Waals surface area contributed by atoms with Gasteiger partial charge in [0.1, 0.15) is 11.7 Å². The van der Waals surface area contributed by atoms with Crippen molar-refractivity contribution in [2.75, 3.05) is 0 Å². The number of hydrogen-bond donors (Lipinski definition) is 4. The topological polar surface area (TPSA) is 86.3 Å². The van der Waals surface area contributed by atoms with Gasteiger partial charge in [0.2, 0.25) is 0 Å². The fraction of sp³-hybridized carbons (Fsp3) is 0.200. The van der Waals surface area contributed by atoms with Crippen molar-refractivity contribution < 1.29 is 0 Å². The number of aliphatic imine (C=N–C) groups is 1. The van der Waals surface area contributed by atoms with Crippen molar-refractivity contribution in [3.8, 4) is 0 Å². The molecule has 0 aromatic carbocycles. The summed E-state index contributed by atoms with van der Waals surface area (Å²) in [7, 11) is 0. The molecule has 0 radical (unpaired) electrons. The molecule has 6 heteroatoms. The summed E-state index contributed by atoms with van der Waals surface area (Å²) in [6, 6.07) is 0. The number of dihydropyridines is 2. The molecule has 0 atom stereocenters. The second-order valence-corrected chi connectivity index (χ2v) is 5.88. The molecule has 0 amide bonds. The zero-order valence-electron chi connectivity index (χ0n) is 11.9. The molecule has 0 saturated carbocycles. The van der Waals surface area contributed by atoms with Crippen LogP contribution in [0.15, 0.2) is 62.8 Å². The number of halogens is 1. The lowest BCUT2D eigenvalue weighted by molar-refractivity contribution is 0.806. The van der Waals surface area contributed by atoms with Crippen molar-refractivity contribution in [2.45, 2.75) is 13.8 Å². The second-order valence-electron chi connectivity index (χ2n) is 4.97. The Bertz CT molecular complexity index is 632. The highest BCUT2D eigenvalue weighted by atomic mass is 79.9. The number of nitrogens with zero attached hydrogens (tertiary/aromatic N) is 1. The first-order chi connectivity index (χ1) is 9.99. The Morgan fingerprint density at radius 3 is 2.81 bits per heavy atom. The standard InChI is InChI=1S/C15H18BrN5/c1-9(2)10(7-17)5-14(18)21-15-4-3-12-13(20-15)6-11(16)8-19-12/h3-9,17,19-20H,1-2H3,(H2,18,21). The molecule has 21 heavy (non-hydrogen) atoms. The van der Waals surface area contributed by atoms with E-state index in [4.69, 9.17) is 11.1 Å². The molecule has 2 aliphatic rings. The number of allylic oxidation sites excluding steroid dienone is 5. The van der Waals surface area contributed by atoms with Gasteiger partial charge in [-0.2, -0.15) is 0 Å². The summed E-state index contributed by atoms with van der Waals surface area (Å²) >= 11 is 3.42. The normalized spacial score (nSPS) is 18.7. The van der Waals surface area contributed by atoms with E-state index in [-0.39, 0.29) is 5.92 Å². The van der Waals surface area contributed by atoms with Crippen LogP contribution in [0.2, 0.25) is 0 Å². The third-order valence-corrected chi connectivity index (χ3v) is 3.46. The molecular formula is C15H18BrN5. The van der Waals surface area contributed by atoms with Gasteiger partial charge < -0.3 is 21.8 Å². The molecule has 0 fully saturated rings. The number of nitrogens with two attached hydrogens (primary N) is 1. The van der Waals surface area contributed by atoms with Gasteiger partial charge in [-0.05, 0) is 51.7 Å². The number of nitrogens with one attached hydrogen (secondary N) is 3. The Morgan fingerprint density at radius 1 is 1.38 bits per heavy atom. The Labute approximate surface area is 132 Å². The van der Waals surface area contributed by atoms with Crippen LogP contribution in [0.4, 0.5) is 0 Å². The fourth-order valence-corrected chi connectivity index (χ4v) is 2.19. The Kier molecular flexibility index (Phi) is 4.80. The van der Waals surface area contributed by atoms with Crippen LogP contribution >= 0.6 is 15.9 Å². The number of rotatable bonds is 4. The van der Waals surface area contributed by atoms with Crippen LogP contribution in [0.25, 0.3) is 0 Å². The fourth-order valence-electron chi connectivity index (χ4n) is 1.85. The minimum absolute atomic E-state index is 0.238. The SMILES string of the molecule is CC(C)C(C=N)=CC(N)=NC1=CC=C2NC=C(Br)C=C2N1. The van der Waals surface area contributed by atoms with E-state index in [0.29, 0.717) is 11.7 Å². The maximum Gasteiger partial charge on any atom is 0.132 e. The maximum absolute atomic E-state index is 7.37. The van der Waals surface area contributed by atoms with Gasteiger partial charge in [0, 0.05) is 16.9 Å². The molecule has 5 N–H and O–H groups in total. The minimum Gasteiger partial charge on any atom is -0.384 e. The van der Waals surface area contributed by atoms with Gasteiger partial charge in [0.05, 0.1) is 11.4 Å². The molecule has 2 rings (SSSR count). The summed E-state index contributed by atoms with van der Waals surface area (Å²) in [5.41, 5.74) is 8.68. The van der Waals surface area contributed by atoms with Crippen LogP contribution in [-0.2, 0) is 0 Å². The van der Waals surface area contributed by atoms with Crippen LogP contribution < -0.4 is 16.4 Å². The summed E-state index contributed by atoms with van der Waals surface area (Å²) in [5.74, 6) is 1.27. The monoisotopic (exact) mass is 347 g/mol. The summed E-state index contributed by atoms with van der Waals surface area (Å²) in [6.45, 7) is 4.03. The van der Waals surface area contributed by atoms with Gasteiger partial charge in [0.25, 0.3) is 0 Å². The molecule has 110 valence electrons. The van der Waals surface area contributed by atoms with Crippen LogP contribution in [0.3, 0.4) is 0 Å². The molecule has 2 aliphatic heterocycles. The molecule has 5 nitrogen and oxygen atoms in total. The highest BCUT2D eigenvalue weighted by molar-refractivity contribution is 9.11. The number of amidine groups is 1. The van der Waals surface area contributed by atoms with E-state index in [0.717, 1.165) is 21.4 Å². The molecule has 0 aromatic heterocycles. The lowest BCUT2D eigenvalue weighted by Gasteiger charge is -2.21. The van der Waals surface area contributed by atoms with E-state index in [2.05, 4.69) is 31.6 Å². The van der Waals surface area contributed by atoms with Gasteiger partial charge in [-0.3, -0.25) is 0 Å². The number of fused-ring (bicyclic) bond motifs is 1. The lowest BCUT2D eigenvalue weighted by atomic mass is 10.0. The first-order valence-corrected chi connectivity index (χ1v) is 7.38. The lowest BCUT2D eigenvalue weighted by Crippen LogP contribution is -2.26. The van der Waals surface area contributed by atoms with Crippen molar-refractivity contribution in [2.24, 2.45) is 16.6 Å². The Hall–Kier alpha value is -2.08. The van der Waals surface area contributed by atoms with Crippen LogP contribution in [0, 0.1) is 11.3 Å². The third kappa shape index (κ3) is 3.95. The van der Waals surface area contributed by atoms with Crippen molar-refractivity contribution in [1.82, 2.24) is 10.6 Å². The third-order valence-electron chi connectivity index (χ3n) is 3.01. The van der Waals surface area contributed by atoms with E-state index in [9.17, 15) is 0 Å². The largest absolute Gasteiger partial charge is 0.384 e. The van der Waals surface area contributed by atoms with Gasteiger partial charge in [-0.1, -0.05) is 13.8 Å². The first-order valence-electron chi connectivity index (χ1n) is 6.59. The molecular weight excluding hydrogens is 330 g/mol. The minimum atomic E-state index is 0.238. The quantitative estimate of drug-likeness (QED) is 0.465. The smallest absolute Gasteiger partial charge is 0.132 e. The van der Waals surface area contributed by atoms with E-state index in [1.165, 1.54) is 6.21 Å².